The molecule has 2 N–H and O–H groups in total. The van der Waals surface area contributed by atoms with Crippen molar-refractivity contribution in [1.29, 1.82) is 0 Å². The molecule has 1 atom stereocenters. The number of aromatic hydroxyl groups is 1. The molecule has 3 aliphatic rings. The fourth-order valence-corrected chi connectivity index (χ4v) is 5.26. The molecule has 0 bridgehead atoms. The van der Waals surface area contributed by atoms with Gasteiger partial charge in [-0.15, -0.1) is 0 Å². The zero-order chi connectivity index (χ0) is 23.7. The first-order valence-corrected chi connectivity index (χ1v) is 11.8. The quantitative estimate of drug-likeness (QED) is 0.538. The van der Waals surface area contributed by atoms with E-state index in [0.717, 1.165) is 57.8 Å². The van der Waals surface area contributed by atoms with Crippen molar-refractivity contribution < 1.29 is 19.4 Å². The number of carbonyl (C=O) groups is 1. The number of rotatable bonds is 1. The first-order chi connectivity index (χ1) is 15.4. The van der Waals surface area contributed by atoms with Gasteiger partial charge in [0.2, 0.25) is 6.79 Å². The smallest absolute Gasteiger partial charge is 0.231 e. The van der Waals surface area contributed by atoms with Crippen molar-refractivity contribution in [2.24, 2.45) is 0 Å². The number of nitrogens with one attached hydrogen (secondary N) is 1. The highest BCUT2D eigenvalue weighted by Crippen LogP contribution is 2.51. The average Bonchev–Trinajstić information content (AvgIpc) is 3.17. The molecular weight excluding hydrogens is 414 g/mol. The van der Waals surface area contributed by atoms with Crippen LogP contribution in [0.2, 0.25) is 0 Å². The zero-order valence-electron chi connectivity index (χ0n) is 20.4. The van der Waals surface area contributed by atoms with Crippen LogP contribution in [0.5, 0.6) is 17.2 Å². The van der Waals surface area contributed by atoms with E-state index in [-0.39, 0.29) is 29.3 Å². The molecular formula is C28H33NO4. The maximum absolute atomic E-state index is 13.3. The number of phenolic OH excluding ortho intramolecular Hbond substituents is 1. The maximum Gasteiger partial charge on any atom is 0.231 e. The lowest BCUT2D eigenvalue weighted by Gasteiger charge is -2.36. The molecule has 2 aliphatic heterocycles. The van der Waals surface area contributed by atoms with Gasteiger partial charge in [0.05, 0.1) is 0 Å². The zero-order valence-corrected chi connectivity index (χ0v) is 20.4. The molecule has 5 nitrogen and oxygen atoms in total. The van der Waals surface area contributed by atoms with Crippen molar-refractivity contribution in [2.45, 2.75) is 77.6 Å². The van der Waals surface area contributed by atoms with Gasteiger partial charge in [0, 0.05) is 35.4 Å². The van der Waals surface area contributed by atoms with Crippen LogP contribution in [0.15, 0.2) is 35.5 Å². The molecule has 2 heterocycles. The molecule has 0 fully saturated rings. The molecule has 0 unspecified atom stereocenters. The minimum Gasteiger partial charge on any atom is -0.507 e. The second-order valence-electron chi connectivity index (χ2n) is 11.5. The van der Waals surface area contributed by atoms with Gasteiger partial charge in [-0.3, -0.25) is 4.79 Å². The van der Waals surface area contributed by atoms with Crippen LogP contribution in [0.1, 0.15) is 89.0 Å². The van der Waals surface area contributed by atoms with Gasteiger partial charge in [0.15, 0.2) is 17.3 Å². The summed E-state index contributed by atoms with van der Waals surface area (Å²) in [5.41, 5.74) is 6.15. The summed E-state index contributed by atoms with van der Waals surface area (Å²) in [7, 11) is 0. The number of hydrogen-bond donors (Lipinski definition) is 2. The van der Waals surface area contributed by atoms with Crippen LogP contribution in [-0.2, 0) is 15.6 Å². The molecule has 2 aromatic rings. The van der Waals surface area contributed by atoms with Crippen LogP contribution >= 0.6 is 0 Å². The Morgan fingerprint density at radius 1 is 0.909 bits per heavy atom. The molecule has 174 valence electrons. The minimum absolute atomic E-state index is 0.194. The van der Waals surface area contributed by atoms with Gasteiger partial charge in [-0.25, -0.2) is 0 Å². The van der Waals surface area contributed by atoms with Gasteiger partial charge in [0.25, 0.3) is 0 Å². The highest BCUT2D eigenvalue weighted by atomic mass is 16.7. The fourth-order valence-electron chi connectivity index (χ4n) is 5.26. The number of Topliss-reactive ketones (excluding diaryl/α,β-unsaturated/α-hetero) is 1. The predicted octanol–water partition coefficient (Wildman–Crippen LogP) is 6.28. The average molecular weight is 448 g/mol. The maximum atomic E-state index is 13.3. The highest BCUT2D eigenvalue weighted by molar-refractivity contribution is 6.01. The first-order valence-electron chi connectivity index (χ1n) is 11.8. The van der Waals surface area contributed by atoms with E-state index >= 15 is 0 Å². The highest BCUT2D eigenvalue weighted by Gasteiger charge is 2.38. The summed E-state index contributed by atoms with van der Waals surface area (Å²) in [5.74, 6) is 1.75. The van der Waals surface area contributed by atoms with Crippen molar-refractivity contribution >= 4 is 11.5 Å². The summed E-state index contributed by atoms with van der Waals surface area (Å²) >= 11 is 0. The Bertz CT molecular complexity index is 1160. The van der Waals surface area contributed by atoms with Gasteiger partial charge in [-0.1, -0.05) is 53.7 Å². The van der Waals surface area contributed by atoms with Crippen LogP contribution in [0.25, 0.3) is 0 Å². The molecule has 0 spiro atoms. The number of hydrogen-bond acceptors (Lipinski definition) is 5. The Balaban J connectivity index is 1.80. The molecule has 1 aliphatic carbocycles. The van der Waals surface area contributed by atoms with Crippen molar-refractivity contribution in [3.63, 3.8) is 0 Å². The minimum atomic E-state index is -0.251. The van der Waals surface area contributed by atoms with Gasteiger partial charge in [-0.05, 0) is 52.0 Å². The van der Waals surface area contributed by atoms with E-state index in [1.54, 1.807) is 0 Å². The van der Waals surface area contributed by atoms with Crippen molar-refractivity contribution in [1.82, 2.24) is 0 Å². The predicted molar refractivity (Wildman–Crippen MR) is 129 cm³/mol. The molecule has 5 heteroatoms. The Labute approximate surface area is 195 Å². The van der Waals surface area contributed by atoms with Gasteiger partial charge in [0.1, 0.15) is 5.75 Å². The van der Waals surface area contributed by atoms with E-state index in [1.165, 1.54) is 0 Å². The fraction of sp³-hybridized carbons (Fsp3) is 0.464. The Hall–Kier alpha value is -2.95. The summed E-state index contributed by atoms with van der Waals surface area (Å²) in [5, 5.41) is 14.8. The van der Waals surface area contributed by atoms with E-state index in [9.17, 15) is 9.90 Å². The lowest BCUT2D eigenvalue weighted by atomic mass is 9.71. The third-order valence-corrected chi connectivity index (χ3v) is 6.97. The number of phenols is 1. The Kier molecular flexibility index (Phi) is 4.82. The summed E-state index contributed by atoms with van der Waals surface area (Å²) in [6.07, 6.45) is 2.27. The number of fused-ring (bicyclic) bond motifs is 2. The van der Waals surface area contributed by atoms with E-state index < -0.39 is 0 Å². The van der Waals surface area contributed by atoms with Crippen LogP contribution in [0.3, 0.4) is 0 Å². The monoisotopic (exact) mass is 447 g/mol. The SMILES string of the molecule is CC(C)(C)c1cc([C@@H]2C3=C(CCCC3=O)Nc3cc4c(cc32)OCO4)cc(C(C)(C)C)c1O. The number of ketones is 1. The largest absolute Gasteiger partial charge is 0.507 e. The van der Waals surface area contributed by atoms with E-state index in [4.69, 9.17) is 9.47 Å². The molecule has 33 heavy (non-hydrogen) atoms. The van der Waals surface area contributed by atoms with Gasteiger partial charge in [-0.2, -0.15) is 0 Å². The van der Waals surface area contributed by atoms with Crippen LogP contribution in [0.4, 0.5) is 5.69 Å². The number of carbonyl (C=O) groups excluding carboxylic acids is 1. The van der Waals surface area contributed by atoms with E-state index in [0.29, 0.717) is 17.9 Å². The summed E-state index contributed by atoms with van der Waals surface area (Å²) < 4.78 is 11.3. The number of benzene rings is 2. The molecule has 5 rings (SSSR count). The molecule has 0 amide bonds. The van der Waals surface area contributed by atoms with E-state index in [1.807, 2.05) is 12.1 Å². The lowest BCUT2D eigenvalue weighted by Crippen LogP contribution is -2.27. The summed E-state index contributed by atoms with van der Waals surface area (Å²) in [6, 6.07) is 8.20. The third kappa shape index (κ3) is 3.58. The Morgan fingerprint density at radius 3 is 2.12 bits per heavy atom. The van der Waals surface area contributed by atoms with Crippen LogP contribution < -0.4 is 14.8 Å². The lowest BCUT2D eigenvalue weighted by molar-refractivity contribution is -0.116. The normalized spacial score (nSPS) is 19.8. The Morgan fingerprint density at radius 2 is 1.52 bits per heavy atom. The third-order valence-electron chi connectivity index (χ3n) is 6.97. The van der Waals surface area contributed by atoms with Crippen LogP contribution in [-0.4, -0.2) is 17.7 Å². The molecule has 0 aromatic heterocycles. The van der Waals surface area contributed by atoms with Crippen molar-refractivity contribution in [3.05, 3.63) is 57.8 Å². The summed E-state index contributed by atoms with van der Waals surface area (Å²) in [6.45, 7) is 12.9. The van der Waals surface area contributed by atoms with Crippen molar-refractivity contribution in [2.75, 3.05) is 12.1 Å². The number of allylic oxidation sites excluding steroid dienone is 2. The second-order valence-corrected chi connectivity index (χ2v) is 11.5. The van der Waals surface area contributed by atoms with Gasteiger partial charge >= 0.3 is 0 Å². The van der Waals surface area contributed by atoms with Crippen LogP contribution in [0, 0.1) is 0 Å². The molecule has 0 saturated carbocycles. The first kappa shape index (κ1) is 21.9. The molecule has 2 aromatic carbocycles. The van der Waals surface area contributed by atoms with Crippen molar-refractivity contribution in [3.8, 4) is 17.2 Å². The second kappa shape index (κ2) is 7.28. The van der Waals surface area contributed by atoms with E-state index in [2.05, 4.69) is 59.0 Å². The summed E-state index contributed by atoms with van der Waals surface area (Å²) in [4.78, 5) is 13.3. The van der Waals surface area contributed by atoms with Gasteiger partial charge < -0.3 is 19.9 Å². The standard InChI is InChI=1S/C28H33NO4/c1-27(2,3)17-10-15(11-18(26(17)31)28(4,5)6)24-16-12-22-23(33-14-32-22)13-20(16)29-19-8-7-9-21(30)25(19)24/h10-13,24,29,31H,7-9,14H2,1-6H3/t24-/m0/s1. The number of anilines is 1. The molecule has 0 radical (unpaired) electrons. The number of ether oxygens (including phenoxy) is 2. The molecule has 0 saturated heterocycles. The topological polar surface area (TPSA) is 67.8 Å².